The van der Waals surface area contributed by atoms with Crippen LogP contribution in [-0.4, -0.2) is 8.42 Å². The Balaban J connectivity index is 2.17. The van der Waals surface area contributed by atoms with E-state index in [1.165, 1.54) is 12.1 Å². The van der Waals surface area contributed by atoms with Gasteiger partial charge in [-0.3, -0.25) is 5.84 Å². The van der Waals surface area contributed by atoms with Crippen molar-refractivity contribution in [1.29, 1.82) is 0 Å². The zero-order valence-corrected chi connectivity index (χ0v) is 12.9. The van der Waals surface area contributed by atoms with Gasteiger partial charge in [0, 0.05) is 16.8 Å². The minimum atomic E-state index is -3.59. The van der Waals surface area contributed by atoms with Crippen LogP contribution in [0.2, 0.25) is 5.02 Å². The van der Waals surface area contributed by atoms with Gasteiger partial charge in [-0.1, -0.05) is 23.7 Å². The van der Waals surface area contributed by atoms with Crippen LogP contribution >= 0.6 is 11.6 Å². The molecule has 0 saturated carbocycles. The first-order valence-corrected chi connectivity index (χ1v) is 8.13. The monoisotopic (exact) mass is 325 g/mol. The molecule has 0 aliphatic carbocycles. The molecule has 21 heavy (non-hydrogen) atoms. The Morgan fingerprint density at radius 3 is 2.14 bits per heavy atom. The maximum atomic E-state index is 12.3. The highest BCUT2D eigenvalue weighted by Crippen LogP contribution is 2.19. The van der Waals surface area contributed by atoms with Crippen molar-refractivity contribution < 1.29 is 8.42 Å². The zero-order chi connectivity index (χ0) is 15.5. The Labute approximate surface area is 129 Å². The lowest BCUT2D eigenvalue weighted by molar-refractivity contribution is 0.567. The summed E-state index contributed by atoms with van der Waals surface area (Å²) in [6, 6.07) is 12.8. The first-order chi connectivity index (χ1) is 9.92. The van der Waals surface area contributed by atoms with Crippen molar-refractivity contribution >= 4 is 27.3 Å². The van der Waals surface area contributed by atoms with E-state index in [0.717, 1.165) is 5.56 Å². The molecule has 0 saturated heterocycles. The second kappa shape index (κ2) is 6.44. The first-order valence-electron chi connectivity index (χ1n) is 6.27. The molecule has 4 N–H and O–H groups in total. The lowest BCUT2D eigenvalue weighted by atomic mass is 10.1. The average Bonchev–Trinajstić information content (AvgIpc) is 2.47. The number of nitrogen functional groups attached to an aromatic ring is 1. The summed E-state index contributed by atoms with van der Waals surface area (Å²) in [5.41, 5.74) is 3.92. The summed E-state index contributed by atoms with van der Waals surface area (Å²) in [4.78, 5) is 0.183. The number of rotatable bonds is 5. The molecule has 112 valence electrons. The van der Waals surface area contributed by atoms with Gasteiger partial charge in [0.1, 0.15) is 0 Å². The van der Waals surface area contributed by atoms with Gasteiger partial charge in [-0.15, -0.1) is 0 Å². The minimum absolute atomic E-state index is 0.183. The number of halogens is 1. The predicted octanol–water partition coefficient (Wildman–Crippen LogP) is 2.67. The molecule has 0 heterocycles. The third kappa shape index (κ3) is 3.95. The summed E-state index contributed by atoms with van der Waals surface area (Å²) < 4.78 is 27.2. The van der Waals surface area contributed by atoms with Gasteiger partial charge in [0.25, 0.3) is 0 Å². The Bertz CT molecular complexity index is 700. The van der Waals surface area contributed by atoms with Crippen molar-refractivity contribution in [3.63, 3.8) is 0 Å². The van der Waals surface area contributed by atoms with Crippen LogP contribution in [0.1, 0.15) is 18.5 Å². The molecular formula is C14H16ClN3O2S. The largest absolute Gasteiger partial charge is 0.324 e. The van der Waals surface area contributed by atoms with Crippen LogP contribution in [0, 0.1) is 0 Å². The van der Waals surface area contributed by atoms with Gasteiger partial charge < -0.3 is 5.43 Å². The van der Waals surface area contributed by atoms with Gasteiger partial charge in [0.15, 0.2) is 0 Å². The molecule has 2 aromatic rings. The summed E-state index contributed by atoms with van der Waals surface area (Å²) in [5, 5.41) is 0.610. The zero-order valence-electron chi connectivity index (χ0n) is 11.4. The van der Waals surface area contributed by atoms with Crippen LogP contribution in [0.25, 0.3) is 0 Å². The molecule has 2 rings (SSSR count). The molecule has 1 atom stereocenters. The number of benzene rings is 2. The molecule has 5 nitrogen and oxygen atoms in total. The van der Waals surface area contributed by atoms with E-state index >= 15 is 0 Å². The van der Waals surface area contributed by atoms with Crippen molar-refractivity contribution in [3.8, 4) is 0 Å². The summed E-state index contributed by atoms with van der Waals surface area (Å²) in [5.74, 6) is 5.25. The van der Waals surface area contributed by atoms with E-state index in [9.17, 15) is 8.42 Å². The molecule has 0 aromatic heterocycles. The molecule has 0 aliphatic rings. The van der Waals surface area contributed by atoms with Gasteiger partial charge in [-0.05, 0) is 48.9 Å². The third-order valence-electron chi connectivity index (χ3n) is 3.03. The van der Waals surface area contributed by atoms with Crippen LogP contribution in [0.3, 0.4) is 0 Å². The molecule has 0 aliphatic heterocycles. The van der Waals surface area contributed by atoms with Crippen molar-refractivity contribution in [2.75, 3.05) is 5.43 Å². The van der Waals surface area contributed by atoms with E-state index < -0.39 is 10.0 Å². The van der Waals surface area contributed by atoms with Crippen molar-refractivity contribution in [2.24, 2.45) is 5.84 Å². The topological polar surface area (TPSA) is 84.2 Å². The van der Waals surface area contributed by atoms with Gasteiger partial charge in [-0.2, -0.15) is 0 Å². The number of hydrogen-bond donors (Lipinski definition) is 3. The second-order valence-corrected chi connectivity index (χ2v) is 6.71. The summed E-state index contributed by atoms with van der Waals surface area (Å²) in [6.07, 6.45) is 0. The molecule has 1 unspecified atom stereocenters. The number of hydrazine groups is 1. The number of nitrogens with one attached hydrogen (secondary N) is 2. The minimum Gasteiger partial charge on any atom is -0.324 e. The highest BCUT2D eigenvalue weighted by molar-refractivity contribution is 7.89. The Morgan fingerprint density at radius 2 is 1.62 bits per heavy atom. The highest BCUT2D eigenvalue weighted by Gasteiger charge is 2.18. The van der Waals surface area contributed by atoms with Gasteiger partial charge >= 0.3 is 0 Å². The van der Waals surface area contributed by atoms with E-state index in [2.05, 4.69) is 10.1 Å². The first kappa shape index (κ1) is 15.8. The lowest BCUT2D eigenvalue weighted by Gasteiger charge is -2.15. The Morgan fingerprint density at radius 1 is 1.05 bits per heavy atom. The molecule has 0 bridgehead atoms. The molecule has 7 heteroatoms. The van der Waals surface area contributed by atoms with Gasteiger partial charge in [-0.25, -0.2) is 13.1 Å². The molecule has 0 spiro atoms. The molecule has 0 amide bonds. The molecule has 0 radical (unpaired) electrons. The quantitative estimate of drug-likeness (QED) is 0.583. The standard InChI is InChI=1S/C14H16ClN3O2S/c1-10(11-2-4-12(15)5-3-11)18-21(19,20)14-8-6-13(17-16)7-9-14/h2-10,17-18H,16H2,1H3. The van der Waals surface area contributed by atoms with Crippen LogP contribution in [0.5, 0.6) is 0 Å². The number of sulfonamides is 1. The van der Waals surface area contributed by atoms with Crippen LogP contribution < -0.4 is 16.0 Å². The van der Waals surface area contributed by atoms with Crippen LogP contribution in [0.4, 0.5) is 5.69 Å². The van der Waals surface area contributed by atoms with E-state index in [1.54, 1.807) is 43.3 Å². The maximum Gasteiger partial charge on any atom is 0.241 e. The lowest BCUT2D eigenvalue weighted by Crippen LogP contribution is -2.26. The highest BCUT2D eigenvalue weighted by atomic mass is 35.5. The maximum absolute atomic E-state index is 12.3. The van der Waals surface area contributed by atoms with Crippen LogP contribution in [0.15, 0.2) is 53.4 Å². The number of anilines is 1. The molecule has 2 aromatic carbocycles. The van der Waals surface area contributed by atoms with Crippen molar-refractivity contribution in [2.45, 2.75) is 17.9 Å². The summed E-state index contributed by atoms with van der Waals surface area (Å²) in [6.45, 7) is 1.77. The van der Waals surface area contributed by atoms with E-state index in [4.69, 9.17) is 17.4 Å². The van der Waals surface area contributed by atoms with E-state index in [0.29, 0.717) is 10.7 Å². The average molecular weight is 326 g/mol. The van der Waals surface area contributed by atoms with Crippen LogP contribution in [-0.2, 0) is 10.0 Å². The fourth-order valence-corrected chi connectivity index (χ4v) is 3.21. The second-order valence-electron chi connectivity index (χ2n) is 4.56. The number of nitrogens with two attached hydrogens (primary N) is 1. The fraction of sp³-hybridized carbons (Fsp3) is 0.143. The van der Waals surface area contributed by atoms with Crippen molar-refractivity contribution in [3.05, 3.63) is 59.1 Å². The normalized spacial score (nSPS) is 12.9. The summed E-state index contributed by atoms with van der Waals surface area (Å²) in [7, 11) is -3.59. The Kier molecular flexibility index (Phi) is 4.84. The third-order valence-corrected chi connectivity index (χ3v) is 4.84. The summed E-state index contributed by atoms with van der Waals surface area (Å²) >= 11 is 5.82. The predicted molar refractivity (Wildman–Crippen MR) is 84.4 cm³/mol. The number of hydrogen-bond acceptors (Lipinski definition) is 4. The fourth-order valence-electron chi connectivity index (χ4n) is 1.85. The Hall–Kier alpha value is -1.60. The van der Waals surface area contributed by atoms with E-state index in [-0.39, 0.29) is 10.9 Å². The van der Waals surface area contributed by atoms with Gasteiger partial charge in [0.05, 0.1) is 4.90 Å². The van der Waals surface area contributed by atoms with E-state index in [1.807, 2.05) is 0 Å². The molecular weight excluding hydrogens is 310 g/mol. The SMILES string of the molecule is CC(NS(=O)(=O)c1ccc(NN)cc1)c1ccc(Cl)cc1. The molecule has 0 fully saturated rings. The smallest absolute Gasteiger partial charge is 0.241 e. The van der Waals surface area contributed by atoms with Crippen molar-refractivity contribution in [1.82, 2.24) is 4.72 Å². The van der Waals surface area contributed by atoms with Gasteiger partial charge in [0.2, 0.25) is 10.0 Å².